The molecule has 2 bridgehead atoms. The molecule has 3 aliphatic rings. The second kappa shape index (κ2) is 9.99. The van der Waals surface area contributed by atoms with Gasteiger partial charge in [-0.15, -0.1) is 0 Å². The number of rotatable bonds is 7. The van der Waals surface area contributed by atoms with Crippen LogP contribution in [-0.4, -0.2) is 67.9 Å². The maximum absolute atomic E-state index is 13.7. The number of nitrogens with zero attached hydrogens (tertiary/aromatic N) is 5. The van der Waals surface area contributed by atoms with E-state index in [1.807, 2.05) is 36.2 Å². The number of likely N-dealkylation sites (tertiary alicyclic amines) is 1. The van der Waals surface area contributed by atoms with Gasteiger partial charge in [0.2, 0.25) is 0 Å². The maximum atomic E-state index is 13.7. The topological polar surface area (TPSA) is 121 Å². The van der Waals surface area contributed by atoms with Gasteiger partial charge in [-0.1, -0.05) is 0 Å². The van der Waals surface area contributed by atoms with E-state index < -0.39 is 0 Å². The Balaban J connectivity index is 1.24. The van der Waals surface area contributed by atoms with Crippen LogP contribution >= 0.6 is 0 Å². The molecule has 10 nitrogen and oxygen atoms in total. The van der Waals surface area contributed by atoms with E-state index in [1.54, 1.807) is 26.4 Å². The van der Waals surface area contributed by atoms with E-state index in [4.69, 9.17) is 25.2 Å². The van der Waals surface area contributed by atoms with Gasteiger partial charge >= 0.3 is 0 Å². The van der Waals surface area contributed by atoms with Gasteiger partial charge in [0, 0.05) is 48.7 Å². The molecule has 8 rings (SSSR count). The number of piperidine rings is 1. The first-order valence-corrected chi connectivity index (χ1v) is 15.3. The maximum Gasteiger partial charge on any atom is 0.254 e. The summed E-state index contributed by atoms with van der Waals surface area (Å²) in [5, 5.41) is 11.1. The Morgan fingerprint density at radius 2 is 1.82 bits per heavy atom. The Morgan fingerprint density at radius 3 is 2.52 bits per heavy atom. The fourth-order valence-electron chi connectivity index (χ4n) is 7.32. The number of carbonyl (C=O) groups excluding carboxylic acids is 1. The Morgan fingerprint density at radius 1 is 1.00 bits per heavy atom. The van der Waals surface area contributed by atoms with Gasteiger partial charge in [0.05, 0.1) is 31.1 Å². The van der Waals surface area contributed by atoms with Gasteiger partial charge in [-0.2, -0.15) is 0 Å². The zero-order valence-corrected chi connectivity index (χ0v) is 25.2. The van der Waals surface area contributed by atoms with Crippen LogP contribution in [-0.2, 0) is 13.6 Å². The minimum Gasteiger partial charge on any atom is -0.504 e. The van der Waals surface area contributed by atoms with E-state index in [-0.39, 0.29) is 23.7 Å². The van der Waals surface area contributed by atoms with Crippen molar-refractivity contribution in [2.24, 2.45) is 24.6 Å². The molecule has 0 spiro atoms. The molecule has 4 heterocycles. The third-order valence-electron chi connectivity index (χ3n) is 9.90. The summed E-state index contributed by atoms with van der Waals surface area (Å²) in [4.78, 5) is 25.9. The van der Waals surface area contributed by atoms with E-state index in [0.29, 0.717) is 41.0 Å². The van der Waals surface area contributed by atoms with Crippen molar-refractivity contribution in [3.8, 4) is 40.0 Å². The van der Waals surface area contributed by atoms with E-state index in [2.05, 4.69) is 21.3 Å². The monoisotopic (exact) mass is 592 g/mol. The Hall–Kier alpha value is -4.57. The van der Waals surface area contributed by atoms with Crippen molar-refractivity contribution in [2.75, 3.05) is 20.8 Å². The summed E-state index contributed by atoms with van der Waals surface area (Å²) in [7, 11) is 5.17. The van der Waals surface area contributed by atoms with Gasteiger partial charge in [0.15, 0.2) is 17.3 Å². The molecule has 1 saturated heterocycles. The molecular formula is C34H36N6O4. The minimum absolute atomic E-state index is 0.00880. The van der Waals surface area contributed by atoms with Crippen molar-refractivity contribution in [1.29, 1.82) is 0 Å². The lowest BCUT2D eigenvalue weighted by molar-refractivity contribution is 0.0700. The van der Waals surface area contributed by atoms with Crippen molar-refractivity contribution < 1.29 is 19.4 Å². The lowest BCUT2D eigenvalue weighted by Crippen LogP contribution is -2.41. The van der Waals surface area contributed by atoms with Gasteiger partial charge in [0.25, 0.3) is 5.91 Å². The molecule has 44 heavy (non-hydrogen) atoms. The highest BCUT2D eigenvalue weighted by Crippen LogP contribution is 2.40. The van der Waals surface area contributed by atoms with Crippen LogP contribution in [0.2, 0.25) is 0 Å². The van der Waals surface area contributed by atoms with Crippen molar-refractivity contribution in [3.63, 3.8) is 0 Å². The smallest absolute Gasteiger partial charge is 0.254 e. The van der Waals surface area contributed by atoms with Crippen molar-refractivity contribution in [1.82, 2.24) is 24.0 Å². The number of aryl methyl sites for hydroxylation is 1. The molecular weight excluding hydrogens is 556 g/mol. The zero-order valence-electron chi connectivity index (χ0n) is 25.2. The second-order valence-electron chi connectivity index (χ2n) is 12.6. The van der Waals surface area contributed by atoms with Gasteiger partial charge in [-0.25, -0.2) is 9.97 Å². The standard InChI is InChI=1S/C34H36N6O4/c1-38-31-24(12-22(15-29(31)44-3)34(42)40-17-21-7-10-25(40)30(21)35)37-33(38)26-13-20-6-9-23(19-8-11-27(41)28(14-19)43-2)36-32(20)39(26)16-18-4-5-18/h6,8-9,11-15,18,21,25,30,41H,4-5,7,10,16-17,35H2,1-3H3/t21?,25?,30-/m1/s1. The first-order chi connectivity index (χ1) is 21.3. The molecule has 0 radical (unpaired) electrons. The van der Waals surface area contributed by atoms with Crippen LogP contribution in [0.3, 0.4) is 0 Å². The number of methoxy groups -OCH3 is 2. The Labute approximate surface area is 255 Å². The molecule has 2 unspecified atom stereocenters. The largest absolute Gasteiger partial charge is 0.504 e. The first kappa shape index (κ1) is 27.0. The minimum atomic E-state index is -0.00880. The second-order valence-corrected chi connectivity index (χ2v) is 12.6. The molecule has 3 N–H and O–H groups in total. The molecule has 2 saturated carbocycles. The molecule has 3 atom stereocenters. The fraction of sp³-hybridized carbons (Fsp3) is 0.382. The zero-order chi connectivity index (χ0) is 30.3. The number of aromatic nitrogens is 4. The van der Waals surface area contributed by atoms with E-state index >= 15 is 0 Å². The average Bonchev–Trinajstić information content (AvgIpc) is 3.44. The molecule has 2 aliphatic carbocycles. The van der Waals surface area contributed by atoms with Crippen LogP contribution in [0.15, 0.2) is 48.5 Å². The molecule has 3 fully saturated rings. The van der Waals surface area contributed by atoms with Crippen LogP contribution in [0.5, 0.6) is 17.2 Å². The highest BCUT2D eigenvalue weighted by atomic mass is 16.5. The van der Waals surface area contributed by atoms with Crippen LogP contribution in [0.4, 0.5) is 0 Å². The normalized spacial score (nSPS) is 21.1. The predicted molar refractivity (Wildman–Crippen MR) is 168 cm³/mol. The SMILES string of the molecule is COc1cc(-c2ccc3cc(-c4nc5cc(C(=O)N6CC7CCC6[C@@H]7N)cc(OC)c5n4C)n(CC4CC4)c3n2)ccc1O. The number of phenolic OH excluding ortho intramolecular Hbond substituents is 1. The Bertz CT molecular complexity index is 1960. The summed E-state index contributed by atoms with van der Waals surface area (Å²) in [5.41, 5.74) is 12.0. The van der Waals surface area contributed by atoms with Gasteiger partial charge in [0.1, 0.15) is 16.9 Å². The van der Waals surface area contributed by atoms with Crippen molar-refractivity contribution in [2.45, 2.75) is 44.3 Å². The number of ether oxygens (including phenoxy) is 2. The van der Waals surface area contributed by atoms with Crippen molar-refractivity contribution in [3.05, 3.63) is 54.1 Å². The summed E-state index contributed by atoms with van der Waals surface area (Å²) in [6.07, 6.45) is 4.44. The number of benzene rings is 2. The van der Waals surface area contributed by atoms with Crippen LogP contribution in [0, 0.1) is 11.8 Å². The molecule has 3 aromatic heterocycles. The third-order valence-corrected chi connectivity index (χ3v) is 9.90. The number of hydrogen-bond acceptors (Lipinski definition) is 7. The fourth-order valence-corrected chi connectivity index (χ4v) is 7.32. The molecule has 1 amide bonds. The summed E-state index contributed by atoms with van der Waals surface area (Å²) in [6, 6.07) is 15.4. The summed E-state index contributed by atoms with van der Waals surface area (Å²) in [6.45, 7) is 1.56. The highest BCUT2D eigenvalue weighted by Gasteiger charge is 2.47. The molecule has 226 valence electrons. The van der Waals surface area contributed by atoms with Gasteiger partial charge < -0.3 is 34.3 Å². The predicted octanol–water partition coefficient (Wildman–Crippen LogP) is 4.95. The van der Waals surface area contributed by atoms with Crippen LogP contribution in [0.25, 0.3) is 44.8 Å². The average molecular weight is 593 g/mol. The number of nitrogens with two attached hydrogens (primary N) is 1. The lowest BCUT2D eigenvalue weighted by Gasteiger charge is -2.27. The summed E-state index contributed by atoms with van der Waals surface area (Å²) < 4.78 is 15.5. The Kier molecular flexibility index (Phi) is 6.13. The number of phenols is 1. The molecule has 2 aromatic carbocycles. The number of aromatic hydroxyl groups is 1. The number of imidazole rings is 1. The summed E-state index contributed by atoms with van der Waals surface area (Å²) >= 11 is 0. The van der Waals surface area contributed by atoms with Crippen LogP contribution in [0.1, 0.15) is 36.0 Å². The number of hydrogen-bond donors (Lipinski definition) is 2. The van der Waals surface area contributed by atoms with Gasteiger partial charge in [-0.3, -0.25) is 4.79 Å². The quantitative estimate of drug-likeness (QED) is 0.274. The number of pyridine rings is 1. The van der Waals surface area contributed by atoms with E-state index in [0.717, 1.165) is 58.7 Å². The van der Waals surface area contributed by atoms with Gasteiger partial charge in [-0.05, 0) is 86.1 Å². The van der Waals surface area contributed by atoms with Crippen molar-refractivity contribution >= 4 is 28.0 Å². The third kappa shape index (κ3) is 4.15. The number of amides is 1. The van der Waals surface area contributed by atoms with Crippen LogP contribution < -0.4 is 15.2 Å². The first-order valence-electron chi connectivity index (χ1n) is 15.3. The summed E-state index contributed by atoms with van der Waals surface area (Å²) in [5.74, 6) is 2.88. The lowest BCUT2D eigenvalue weighted by atomic mass is 10.1. The molecule has 10 heteroatoms. The van der Waals surface area contributed by atoms with E-state index in [9.17, 15) is 9.90 Å². The molecule has 1 aliphatic heterocycles. The van der Waals surface area contributed by atoms with E-state index in [1.165, 1.54) is 12.8 Å². The highest BCUT2D eigenvalue weighted by molar-refractivity contribution is 6.00. The number of fused-ring (bicyclic) bond motifs is 4. The number of carbonyl (C=O) groups is 1. The molecule has 5 aromatic rings.